The van der Waals surface area contributed by atoms with E-state index in [-0.39, 0.29) is 17.4 Å². The lowest BCUT2D eigenvalue weighted by atomic mass is 9.90. The van der Waals surface area contributed by atoms with E-state index < -0.39 is 11.4 Å². The summed E-state index contributed by atoms with van der Waals surface area (Å²) in [5.74, 6) is -0.000744. The van der Waals surface area contributed by atoms with Crippen molar-refractivity contribution < 1.29 is 14.7 Å². The highest BCUT2D eigenvalue weighted by Crippen LogP contribution is 2.29. The van der Waals surface area contributed by atoms with Crippen LogP contribution in [0.5, 0.6) is 0 Å². The van der Waals surface area contributed by atoms with Gasteiger partial charge in [0, 0.05) is 35.7 Å². The molecule has 1 aliphatic heterocycles. The van der Waals surface area contributed by atoms with Gasteiger partial charge in [-0.05, 0) is 38.0 Å². The van der Waals surface area contributed by atoms with Crippen molar-refractivity contribution in [2.75, 3.05) is 13.1 Å². The van der Waals surface area contributed by atoms with Gasteiger partial charge in [-0.3, -0.25) is 4.79 Å². The monoisotopic (exact) mass is 381 g/mol. The number of amides is 1. The summed E-state index contributed by atoms with van der Waals surface area (Å²) in [5, 5.41) is 9.25. The van der Waals surface area contributed by atoms with Crippen LogP contribution in [0.1, 0.15) is 61.4 Å². The molecule has 1 aliphatic rings. The lowest BCUT2D eigenvalue weighted by Gasteiger charge is -2.36. The van der Waals surface area contributed by atoms with Crippen LogP contribution in [0.15, 0.2) is 30.3 Å². The van der Waals surface area contributed by atoms with Gasteiger partial charge >= 0.3 is 5.97 Å². The normalized spacial score (nSPS) is 17.4. The van der Waals surface area contributed by atoms with E-state index in [0.29, 0.717) is 12.2 Å². The highest BCUT2D eigenvalue weighted by Gasteiger charge is 2.32. The van der Waals surface area contributed by atoms with Crippen LogP contribution in [0.25, 0.3) is 11.3 Å². The van der Waals surface area contributed by atoms with Crippen molar-refractivity contribution in [2.24, 2.45) is 5.41 Å². The first kappa shape index (κ1) is 20.0. The number of aromatic nitrogens is 2. The zero-order valence-electron chi connectivity index (χ0n) is 16.9. The van der Waals surface area contributed by atoms with E-state index in [1.807, 2.05) is 44.7 Å². The van der Waals surface area contributed by atoms with Crippen LogP contribution in [0.4, 0.5) is 0 Å². The number of rotatable bonds is 3. The van der Waals surface area contributed by atoms with Crippen LogP contribution in [-0.4, -0.2) is 44.9 Å². The third kappa shape index (κ3) is 4.38. The largest absolute Gasteiger partial charge is 0.478 e. The topological polar surface area (TPSA) is 83.4 Å². The van der Waals surface area contributed by atoms with E-state index in [0.717, 1.165) is 36.5 Å². The molecule has 3 rings (SSSR count). The maximum atomic E-state index is 12.7. The van der Waals surface area contributed by atoms with Crippen LogP contribution < -0.4 is 0 Å². The number of nitrogens with zero attached hydrogens (tertiary/aromatic N) is 3. The van der Waals surface area contributed by atoms with Crippen molar-refractivity contribution in [3.8, 4) is 11.3 Å². The fourth-order valence-corrected chi connectivity index (χ4v) is 3.58. The smallest absolute Gasteiger partial charge is 0.335 e. The van der Waals surface area contributed by atoms with Gasteiger partial charge < -0.3 is 10.0 Å². The second-order valence-corrected chi connectivity index (χ2v) is 8.48. The molecule has 6 heteroatoms. The molecule has 1 atom stereocenters. The number of carbonyl (C=O) groups is 2. The summed E-state index contributed by atoms with van der Waals surface area (Å²) >= 11 is 0. The molecule has 6 nitrogen and oxygen atoms in total. The van der Waals surface area contributed by atoms with Gasteiger partial charge in [0.05, 0.1) is 11.3 Å². The molecule has 1 amide bonds. The minimum atomic E-state index is -0.962. The molecule has 28 heavy (non-hydrogen) atoms. The van der Waals surface area contributed by atoms with Crippen molar-refractivity contribution in [2.45, 2.75) is 46.5 Å². The van der Waals surface area contributed by atoms with Gasteiger partial charge in [-0.1, -0.05) is 32.9 Å². The Morgan fingerprint density at radius 3 is 2.61 bits per heavy atom. The first-order valence-electron chi connectivity index (χ1n) is 9.64. The Labute approximate surface area is 165 Å². The molecule has 1 fully saturated rings. The first-order chi connectivity index (χ1) is 13.1. The number of hydrogen-bond donors (Lipinski definition) is 1. The molecule has 0 unspecified atom stereocenters. The Kier molecular flexibility index (Phi) is 5.49. The number of piperidine rings is 1. The number of carboxylic acids is 1. The summed E-state index contributed by atoms with van der Waals surface area (Å²) in [4.78, 5) is 35.3. The molecule has 0 spiro atoms. The van der Waals surface area contributed by atoms with E-state index >= 15 is 0 Å². The molecule has 1 N–H and O–H groups in total. The fourth-order valence-electron chi connectivity index (χ4n) is 3.58. The Bertz CT molecular complexity index is 902. The summed E-state index contributed by atoms with van der Waals surface area (Å²) in [7, 11) is 0. The van der Waals surface area contributed by atoms with Crippen molar-refractivity contribution in [3.05, 3.63) is 47.4 Å². The van der Waals surface area contributed by atoms with Crippen molar-refractivity contribution in [3.63, 3.8) is 0 Å². The summed E-state index contributed by atoms with van der Waals surface area (Å²) < 4.78 is 0. The van der Waals surface area contributed by atoms with Crippen LogP contribution in [0.2, 0.25) is 0 Å². The van der Waals surface area contributed by atoms with Crippen LogP contribution in [0, 0.1) is 12.3 Å². The molecule has 1 aromatic heterocycles. The highest BCUT2D eigenvalue weighted by molar-refractivity contribution is 5.89. The molecule has 0 saturated carbocycles. The second kappa shape index (κ2) is 7.70. The predicted octanol–water partition coefficient (Wildman–Crippen LogP) is 3.90. The summed E-state index contributed by atoms with van der Waals surface area (Å²) in [6, 6.07) is 8.64. The Morgan fingerprint density at radius 1 is 1.18 bits per heavy atom. The van der Waals surface area contributed by atoms with Crippen LogP contribution in [0.3, 0.4) is 0 Å². The standard InChI is InChI=1S/C22H27N3O3/c1-14-11-18(15-7-5-8-16(12-15)20(26)27)24-19(23-14)17-9-6-10-25(13-17)21(28)22(2,3)4/h5,7-8,11-12,17H,6,9-10,13H2,1-4H3,(H,26,27)/t17-/m1/s1. The average Bonchev–Trinajstić information content (AvgIpc) is 2.66. The minimum absolute atomic E-state index is 0.0846. The second-order valence-electron chi connectivity index (χ2n) is 8.48. The van der Waals surface area contributed by atoms with Gasteiger partial charge in [0.1, 0.15) is 5.82 Å². The molecule has 0 aliphatic carbocycles. The quantitative estimate of drug-likeness (QED) is 0.872. The summed E-state index contributed by atoms with van der Waals surface area (Å²) in [5.41, 5.74) is 2.13. The zero-order valence-corrected chi connectivity index (χ0v) is 16.9. The molecular weight excluding hydrogens is 354 g/mol. The van der Waals surface area contributed by atoms with Gasteiger partial charge in [0.2, 0.25) is 5.91 Å². The predicted molar refractivity (Wildman–Crippen MR) is 107 cm³/mol. The number of carboxylic acid groups (broad SMARTS) is 1. The van der Waals surface area contributed by atoms with Gasteiger partial charge in [-0.25, -0.2) is 14.8 Å². The fraction of sp³-hybridized carbons (Fsp3) is 0.455. The van der Waals surface area contributed by atoms with Gasteiger partial charge in [-0.2, -0.15) is 0 Å². The molecule has 1 aromatic carbocycles. The Hall–Kier alpha value is -2.76. The minimum Gasteiger partial charge on any atom is -0.478 e. The summed E-state index contributed by atoms with van der Waals surface area (Å²) in [6.45, 7) is 9.12. The molecule has 2 heterocycles. The molecule has 2 aromatic rings. The lowest BCUT2D eigenvalue weighted by molar-refractivity contribution is -0.140. The van der Waals surface area contributed by atoms with Crippen molar-refractivity contribution in [1.82, 2.24) is 14.9 Å². The average molecular weight is 381 g/mol. The van der Waals surface area contributed by atoms with Gasteiger partial charge in [0.25, 0.3) is 0 Å². The van der Waals surface area contributed by atoms with E-state index in [1.165, 1.54) is 0 Å². The summed E-state index contributed by atoms with van der Waals surface area (Å²) in [6.07, 6.45) is 1.86. The third-order valence-electron chi connectivity index (χ3n) is 4.99. The van der Waals surface area contributed by atoms with Crippen molar-refractivity contribution in [1.29, 1.82) is 0 Å². The number of aryl methyl sites for hydroxylation is 1. The number of benzene rings is 1. The molecule has 1 saturated heterocycles. The van der Waals surface area contributed by atoms with Crippen molar-refractivity contribution >= 4 is 11.9 Å². The number of likely N-dealkylation sites (tertiary alicyclic amines) is 1. The molecule has 0 bridgehead atoms. The molecular formula is C22H27N3O3. The maximum Gasteiger partial charge on any atom is 0.335 e. The van der Waals surface area contributed by atoms with E-state index in [1.54, 1.807) is 18.2 Å². The third-order valence-corrected chi connectivity index (χ3v) is 4.99. The molecule has 148 valence electrons. The number of hydrogen-bond acceptors (Lipinski definition) is 4. The van der Waals surface area contributed by atoms with Crippen LogP contribution in [-0.2, 0) is 4.79 Å². The van der Waals surface area contributed by atoms with Gasteiger partial charge in [-0.15, -0.1) is 0 Å². The van der Waals surface area contributed by atoms with E-state index in [2.05, 4.69) is 4.98 Å². The zero-order chi connectivity index (χ0) is 20.5. The maximum absolute atomic E-state index is 12.7. The Balaban J connectivity index is 1.90. The Morgan fingerprint density at radius 2 is 1.93 bits per heavy atom. The molecule has 0 radical (unpaired) electrons. The van der Waals surface area contributed by atoms with E-state index in [4.69, 9.17) is 4.98 Å². The first-order valence-corrected chi connectivity index (χ1v) is 9.64. The van der Waals surface area contributed by atoms with Crippen LogP contribution >= 0.6 is 0 Å². The highest BCUT2D eigenvalue weighted by atomic mass is 16.4. The van der Waals surface area contributed by atoms with Gasteiger partial charge in [0.15, 0.2) is 0 Å². The lowest BCUT2D eigenvalue weighted by Crippen LogP contribution is -2.44. The SMILES string of the molecule is Cc1cc(-c2cccc(C(=O)O)c2)nc([C@@H]2CCCN(C(=O)C(C)(C)C)C2)n1. The number of carbonyl (C=O) groups excluding carboxylic acids is 1. The number of aromatic carboxylic acids is 1. The van der Waals surface area contributed by atoms with E-state index in [9.17, 15) is 14.7 Å².